The highest BCUT2D eigenvalue weighted by molar-refractivity contribution is 5.73. The minimum Gasteiger partial charge on any atom is -0.497 e. The lowest BCUT2D eigenvalue weighted by Gasteiger charge is -2.47. The van der Waals surface area contributed by atoms with Crippen LogP contribution in [0.2, 0.25) is 0 Å². The van der Waals surface area contributed by atoms with Crippen molar-refractivity contribution < 1.29 is 38.3 Å². The number of benzene rings is 2. The number of hydrogen-bond acceptors (Lipinski definition) is 8. The fourth-order valence-corrected chi connectivity index (χ4v) is 3.80. The number of carbonyl (C=O) groups excluding carboxylic acids is 1. The van der Waals surface area contributed by atoms with Crippen LogP contribution in [0.4, 0.5) is 0 Å². The van der Waals surface area contributed by atoms with E-state index < -0.39 is 36.9 Å². The number of methoxy groups -OCH3 is 2. The molecule has 9 nitrogen and oxygen atoms in total. The van der Waals surface area contributed by atoms with Gasteiger partial charge in [-0.1, -0.05) is 12.1 Å². The van der Waals surface area contributed by atoms with Gasteiger partial charge in [0, 0.05) is 12.5 Å². The first-order chi connectivity index (χ1) is 15.5. The van der Waals surface area contributed by atoms with Crippen molar-refractivity contribution in [1.29, 1.82) is 0 Å². The second-order valence-corrected chi connectivity index (χ2v) is 7.59. The summed E-state index contributed by atoms with van der Waals surface area (Å²) in [5.41, 5.74) is 0.782. The van der Waals surface area contributed by atoms with Crippen LogP contribution in [0.15, 0.2) is 48.5 Å². The van der Waals surface area contributed by atoms with Gasteiger partial charge in [-0.2, -0.15) is 0 Å². The number of aliphatic hydroxyl groups is 1. The van der Waals surface area contributed by atoms with Crippen molar-refractivity contribution in [3.63, 3.8) is 0 Å². The first kappa shape index (κ1) is 22.3. The zero-order valence-electron chi connectivity index (χ0n) is 18.1. The smallest absolute Gasteiger partial charge is 0.223 e. The highest BCUT2D eigenvalue weighted by Crippen LogP contribution is 2.35. The molecule has 2 heterocycles. The topological polar surface area (TPSA) is 105 Å². The zero-order valence-corrected chi connectivity index (χ0v) is 18.1. The van der Waals surface area contributed by atoms with E-state index in [0.29, 0.717) is 17.2 Å². The second-order valence-electron chi connectivity index (χ2n) is 7.59. The van der Waals surface area contributed by atoms with Crippen LogP contribution >= 0.6 is 0 Å². The molecule has 0 aromatic heterocycles. The third-order valence-electron chi connectivity index (χ3n) is 5.44. The van der Waals surface area contributed by atoms with Crippen LogP contribution in [0.25, 0.3) is 0 Å². The lowest BCUT2D eigenvalue weighted by molar-refractivity contribution is -0.333. The van der Waals surface area contributed by atoms with Crippen molar-refractivity contribution in [1.82, 2.24) is 5.32 Å². The maximum atomic E-state index is 11.8. The molecule has 0 radical (unpaired) electrons. The number of aliphatic hydroxyl groups excluding tert-OH is 1. The molecule has 2 fully saturated rings. The number of nitrogens with one attached hydrogen (secondary N) is 1. The zero-order chi connectivity index (χ0) is 22.7. The third-order valence-corrected chi connectivity index (χ3v) is 5.44. The average Bonchev–Trinajstić information content (AvgIpc) is 2.82. The van der Waals surface area contributed by atoms with Crippen LogP contribution in [-0.2, 0) is 19.0 Å². The van der Waals surface area contributed by atoms with Crippen LogP contribution in [0, 0.1) is 0 Å². The van der Waals surface area contributed by atoms with Gasteiger partial charge in [0.25, 0.3) is 0 Å². The van der Waals surface area contributed by atoms with Gasteiger partial charge in [0.05, 0.1) is 20.8 Å². The summed E-state index contributed by atoms with van der Waals surface area (Å²) < 4.78 is 34.2. The Morgan fingerprint density at radius 1 is 0.969 bits per heavy atom. The molecule has 0 unspecified atom stereocenters. The minimum absolute atomic E-state index is 0.188. The first-order valence-corrected chi connectivity index (χ1v) is 10.3. The Morgan fingerprint density at radius 2 is 1.56 bits per heavy atom. The molecule has 2 aromatic rings. The van der Waals surface area contributed by atoms with Gasteiger partial charge in [0.1, 0.15) is 41.6 Å². The summed E-state index contributed by atoms with van der Waals surface area (Å²) >= 11 is 0. The Hall–Kier alpha value is -2.85. The van der Waals surface area contributed by atoms with Gasteiger partial charge in [-0.25, -0.2) is 0 Å². The predicted octanol–water partition coefficient (Wildman–Crippen LogP) is 1.79. The summed E-state index contributed by atoms with van der Waals surface area (Å²) in [5, 5.41) is 13.8. The molecule has 2 N–H and O–H groups in total. The maximum absolute atomic E-state index is 11.8. The molecule has 4 rings (SSSR count). The van der Waals surface area contributed by atoms with Crippen LogP contribution in [-0.4, -0.2) is 62.5 Å². The van der Waals surface area contributed by atoms with Crippen LogP contribution < -0.4 is 19.5 Å². The molecule has 0 spiro atoms. The number of hydrogen-bond donors (Lipinski definition) is 2. The maximum Gasteiger partial charge on any atom is 0.223 e. The third kappa shape index (κ3) is 4.81. The summed E-state index contributed by atoms with van der Waals surface area (Å²) in [6, 6.07) is 13.4. The normalized spacial score (nSPS) is 29.5. The molecule has 2 saturated heterocycles. The van der Waals surface area contributed by atoms with Crippen molar-refractivity contribution in [2.45, 2.75) is 43.9 Å². The first-order valence-electron chi connectivity index (χ1n) is 10.3. The number of ether oxygens (including phenoxy) is 6. The molecular weight excluding hydrogens is 418 g/mol. The molecule has 6 atom stereocenters. The van der Waals surface area contributed by atoms with Gasteiger partial charge in [0.15, 0.2) is 6.29 Å². The van der Waals surface area contributed by atoms with Gasteiger partial charge in [-0.15, -0.1) is 0 Å². The van der Waals surface area contributed by atoms with Gasteiger partial charge in [-0.05, 0) is 36.4 Å². The number of rotatable bonds is 6. The molecule has 0 bridgehead atoms. The van der Waals surface area contributed by atoms with Crippen molar-refractivity contribution in [2.24, 2.45) is 0 Å². The van der Waals surface area contributed by atoms with E-state index in [-0.39, 0.29) is 12.5 Å². The number of fused-ring (bicyclic) bond motifs is 1. The molecule has 2 aromatic carbocycles. The predicted molar refractivity (Wildman–Crippen MR) is 112 cm³/mol. The molecule has 1 amide bonds. The summed E-state index contributed by atoms with van der Waals surface area (Å²) in [7, 11) is 3.17. The van der Waals surface area contributed by atoms with Crippen LogP contribution in [0.1, 0.15) is 18.8 Å². The second kappa shape index (κ2) is 9.74. The Morgan fingerprint density at radius 3 is 2.16 bits per heavy atom. The summed E-state index contributed by atoms with van der Waals surface area (Å²) in [6.45, 7) is 1.56. The van der Waals surface area contributed by atoms with E-state index in [4.69, 9.17) is 28.4 Å². The Balaban J connectivity index is 1.50. The quantitative estimate of drug-likeness (QED) is 0.694. The Kier molecular flexibility index (Phi) is 6.80. The van der Waals surface area contributed by atoms with Crippen molar-refractivity contribution >= 4 is 5.91 Å². The van der Waals surface area contributed by atoms with Crippen molar-refractivity contribution in [2.75, 3.05) is 20.8 Å². The largest absolute Gasteiger partial charge is 0.497 e. The van der Waals surface area contributed by atoms with Crippen molar-refractivity contribution in [3.05, 3.63) is 54.1 Å². The van der Waals surface area contributed by atoms with E-state index in [9.17, 15) is 9.90 Å². The van der Waals surface area contributed by atoms with Crippen molar-refractivity contribution in [3.8, 4) is 17.2 Å². The lowest BCUT2D eigenvalue weighted by atomic mass is 9.95. The molecule has 2 aliphatic heterocycles. The average molecular weight is 445 g/mol. The molecule has 0 saturated carbocycles. The van der Waals surface area contributed by atoms with Gasteiger partial charge in [0.2, 0.25) is 12.2 Å². The van der Waals surface area contributed by atoms with Gasteiger partial charge in [-0.3, -0.25) is 4.79 Å². The fourth-order valence-electron chi connectivity index (χ4n) is 3.80. The molecular formula is C23H27NO8. The van der Waals surface area contributed by atoms with Gasteiger partial charge >= 0.3 is 0 Å². The number of carbonyl (C=O) groups is 1. The summed E-state index contributed by atoms with van der Waals surface area (Å²) in [5.74, 6) is 1.58. The lowest BCUT2D eigenvalue weighted by Crippen LogP contribution is -2.67. The summed E-state index contributed by atoms with van der Waals surface area (Å²) in [6.07, 6.45) is -3.99. The highest BCUT2D eigenvalue weighted by Gasteiger charge is 2.50. The van der Waals surface area contributed by atoms with E-state index in [1.807, 2.05) is 12.1 Å². The summed E-state index contributed by atoms with van der Waals surface area (Å²) in [4.78, 5) is 11.8. The standard InChI is InChI=1S/C23H27NO8/c1-13(25)24-19-20(26)21-18(31-23(19)30-17-10-8-16(28-3)9-11-17)12-29-22(32-21)14-4-6-15(27-2)7-5-14/h4-11,18-23,26H,12H2,1-3H3,(H,24,25)/t18-,19-,20+,21+,22+,23-/m1/s1. The van der Waals surface area contributed by atoms with E-state index in [1.54, 1.807) is 50.6 Å². The van der Waals surface area contributed by atoms with E-state index in [2.05, 4.69) is 5.32 Å². The van der Waals surface area contributed by atoms with E-state index in [0.717, 1.165) is 5.56 Å². The monoisotopic (exact) mass is 445 g/mol. The van der Waals surface area contributed by atoms with Crippen LogP contribution in [0.5, 0.6) is 17.2 Å². The van der Waals surface area contributed by atoms with E-state index >= 15 is 0 Å². The molecule has 32 heavy (non-hydrogen) atoms. The fraction of sp³-hybridized carbons (Fsp3) is 0.435. The Labute approximate surface area is 186 Å². The SMILES string of the molecule is COc1ccc(O[C@@H]2O[C@@H]3CO[C@H](c4ccc(OC)cc4)O[C@@H]3[C@@H](O)[C@H]2NC(C)=O)cc1. The molecule has 9 heteroatoms. The Bertz CT molecular complexity index is 903. The highest BCUT2D eigenvalue weighted by atomic mass is 16.7. The minimum atomic E-state index is -1.08. The van der Waals surface area contributed by atoms with Crippen LogP contribution in [0.3, 0.4) is 0 Å². The molecule has 172 valence electrons. The number of amides is 1. The van der Waals surface area contributed by atoms with Gasteiger partial charge < -0.3 is 38.8 Å². The molecule has 2 aliphatic rings. The van der Waals surface area contributed by atoms with E-state index in [1.165, 1.54) is 6.92 Å². The molecule has 0 aliphatic carbocycles.